The lowest BCUT2D eigenvalue weighted by Crippen LogP contribution is -2.22. The van der Waals surface area contributed by atoms with Crippen LogP contribution in [0.1, 0.15) is 17.3 Å². The summed E-state index contributed by atoms with van der Waals surface area (Å²) in [6.07, 6.45) is -0.667. The second-order valence-corrected chi connectivity index (χ2v) is 3.67. The standard InChI is InChI=1S/C13H18O5/c1-3-17-13(15)10-4-6-12(7-5-10)18-9-11(14)8-16-2/h4-7,11,14H,3,8-9H2,1-2H3. The number of hydrogen-bond donors (Lipinski definition) is 1. The van der Waals surface area contributed by atoms with Gasteiger partial charge in [0.05, 0.1) is 18.8 Å². The van der Waals surface area contributed by atoms with Gasteiger partial charge in [0.25, 0.3) is 0 Å². The van der Waals surface area contributed by atoms with Gasteiger partial charge in [-0.1, -0.05) is 0 Å². The van der Waals surface area contributed by atoms with Crippen LogP contribution >= 0.6 is 0 Å². The monoisotopic (exact) mass is 254 g/mol. The number of aliphatic hydroxyl groups is 1. The highest BCUT2D eigenvalue weighted by molar-refractivity contribution is 5.89. The van der Waals surface area contributed by atoms with E-state index in [0.717, 1.165) is 0 Å². The number of esters is 1. The zero-order valence-corrected chi connectivity index (χ0v) is 10.6. The van der Waals surface area contributed by atoms with Crippen molar-refractivity contribution in [3.8, 4) is 5.75 Å². The van der Waals surface area contributed by atoms with Crippen LogP contribution in [-0.4, -0.2) is 44.1 Å². The Hall–Kier alpha value is -1.59. The molecule has 1 aromatic rings. The molecule has 100 valence electrons. The second kappa shape index (κ2) is 7.68. The van der Waals surface area contributed by atoms with Gasteiger partial charge < -0.3 is 19.3 Å². The number of hydrogen-bond acceptors (Lipinski definition) is 5. The number of benzene rings is 1. The van der Waals surface area contributed by atoms with Crippen molar-refractivity contribution >= 4 is 5.97 Å². The van der Waals surface area contributed by atoms with Gasteiger partial charge in [0.2, 0.25) is 0 Å². The predicted molar refractivity (Wildman–Crippen MR) is 65.8 cm³/mol. The highest BCUT2D eigenvalue weighted by Gasteiger charge is 2.07. The highest BCUT2D eigenvalue weighted by atomic mass is 16.5. The van der Waals surface area contributed by atoms with E-state index in [1.807, 2.05) is 0 Å². The molecule has 0 fully saturated rings. The van der Waals surface area contributed by atoms with Crippen LogP contribution in [0.15, 0.2) is 24.3 Å². The zero-order chi connectivity index (χ0) is 13.4. The number of rotatable bonds is 7. The molecule has 1 N–H and O–H groups in total. The molecule has 0 aliphatic carbocycles. The molecule has 0 saturated carbocycles. The van der Waals surface area contributed by atoms with E-state index in [4.69, 9.17) is 14.2 Å². The van der Waals surface area contributed by atoms with Crippen molar-refractivity contribution in [3.63, 3.8) is 0 Å². The van der Waals surface area contributed by atoms with E-state index in [9.17, 15) is 9.90 Å². The van der Waals surface area contributed by atoms with Gasteiger partial charge in [-0.15, -0.1) is 0 Å². The minimum Gasteiger partial charge on any atom is -0.491 e. The smallest absolute Gasteiger partial charge is 0.338 e. The Kier molecular flexibility index (Phi) is 6.18. The summed E-state index contributed by atoms with van der Waals surface area (Å²) in [6, 6.07) is 6.56. The highest BCUT2D eigenvalue weighted by Crippen LogP contribution is 2.13. The van der Waals surface area contributed by atoms with Crippen LogP contribution in [0.3, 0.4) is 0 Å². The fraction of sp³-hybridized carbons (Fsp3) is 0.462. The van der Waals surface area contributed by atoms with Gasteiger partial charge in [-0.25, -0.2) is 4.79 Å². The third kappa shape index (κ3) is 4.73. The summed E-state index contributed by atoms with van der Waals surface area (Å²) in [6.45, 7) is 2.47. The fourth-order valence-corrected chi connectivity index (χ4v) is 1.33. The first-order valence-corrected chi connectivity index (χ1v) is 5.74. The van der Waals surface area contributed by atoms with Crippen LogP contribution in [0.25, 0.3) is 0 Å². The van der Waals surface area contributed by atoms with Crippen molar-refractivity contribution in [1.82, 2.24) is 0 Å². The van der Waals surface area contributed by atoms with Crippen molar-refractivity contribution in [3.05, 3.63) is 29.8 Å². The first kappa shape index (κ1) is 14.5. The number of aliphatic hydroxyl groups excluding tert-OH is 1. The molecule has 0 radical (unpaired) electrons. The Morgan fingerprint density at radius 2 is 1.94 bits per heavy atom. The molecule has 0 aromatic heterocycles. The summed E-state index contributed by atoms with van der Waals surface area (Å²) in [5.74, 6) is 0.224. The number of carbonyl (C=O) groups excluding carboxylic acids is 1. The molecular formula is C13H18O5. The molecule has 1 aromatic carbocycles. The molecule has 5 nitrogen and oxygen atoms in total. The Morgan fingerprint density at radius 3 is 2.50 bits per heavy atom. The van der Waals surface area contributed by atoms with Crippen LogP contribution in [0.2, 0.25) is 0 Å². The number of methoxy groups -OCH3 is 1. The summed E-state index contributed by atoms with van der Waals surface area (Å²) in [4.78, 5) is 11.4. The van der Waals surface area contributed by atoms with Crippen molar-refractivity contribution in [2.45, 2.75) is 13.0 Å². The van der Waals surface area contributed by atoms with Crippen LogP contribution < -0.4 is 4.74 Å². The number of carbonyl (C=O) groups is 1. The van der Waals surface area contributed by atoms with Crippen molar-refractivity contribution in [2.75, 3.05) is 26.9 Å². The maximum atomic E-state index is 11.4. The van der Waals surface area contributed by atoms with E-state index in [1.54, 1.807) is 31.2 Å². The SMILES string of the molecule is CCOC(=O)c1ccc(OCC(O)COC)cc1. The molecule has 0 heterocycles. The van der Waals surface area contributed by atoms with Gasteiger partial charge in [-0.05, 0) is 31.2 Å². The van der Waals surface area contributed by atoms with E-state index >= 15 is 0 Å². The lowest BCUT2D eigenvalue weighted by molar-refractivity contribution is 0.0325. The van der Waals surface area contributed by atoms with Gasteiger partial charge in [0.15, 0.2) is 0 Å². The summed E-state index contributed by atoms with van der Waals surface area (Å²) in [5.41, 5.74) is 0.474. The normalized spacial score (nSPS) is 11.9. The minimum atomic E-state index is -0.667. The van der Waals surface area contributed by atoms with Gasteiger partial charge in [0.1, 0.15) is 18.5 Å². The van der Waals surface area contributed by atoms with Crippen LogP contribution in [-0.2, 0) is 9.47 Å². The maximum absolute atomic E-state index is 11.4. The van der Waals surface area contributed by atoms with E-state index in [2.05, 4.69) is 0 Å². The third-order valence-electron chi connectivity index (χ3n) is 2.17. The maximum Gasteiger partial charge on any atom is 0.338 e. The molecule has 0 amide bonds. The van der Waals surface area contributed by atoms with Crippen LogP contribution in [0, 0.1) is 0 Å². The van der Waals surface area contributed by atoms with Crippen molar-refractivity contribution in [1.29, 1.82) is 0 Å². The molecule has 5 heteroatoms. The molecule has 1 rings (SSSR count). The van der Waals surface area contributed by atoms with Gasteiger partial charge in [-0.2, -0.15) is 0 Å². The lowest BCUT2D eigenvalue weighted by Gasteiger charge is -2.11. The average Bonchev–Trinajstić information content (AvgIpc) is 2.37. The lowest BCUT2D eigenvalue weighted by atomic mass is 10.2. The van der Waals surface area contributed by atoms with E-state index in [-0.39, 0.29) is 19.2 Å². The summed E-state index contributed by atoms with van der Waals surface area (Å²) < 4.78 is 15.0. The number of ether oxygens (including phenoxy) is 3. The molecule has 18 heavy (non-hydrogen) atoms. The summed E-state index contributed by atoms with van der Waals surface area (Å²) in [7, 11) is 1.51. The summed E-state index contributed by atoms with van der Waals surface area (Å²) in [5, 5.41) is 9.40. The zero-order valence-electron chi connectivity index (χ0n) is 10.6. The second-order valence-electron chi connectivity index (χ2n) is 3.67. The Bertz CT molecular complexity index is 360. The fourth-order valence-electron chi connectivity index (χ4n) is 1.33. The quantitative estimate of drug-likeness (QED) is 0.742. The van der Waals surface area contributed by atoms with Gasteiger partial charge >= 0.3 is 5.97 Å². The first-order valence-electron chi connectivity index (χ1n) is 5.74. The molecule has 1 unspecified atom stereocenters. The summed E-state index contributed by atoms with van der Waals surface area (Å²) >= 11 is 0. The predicted octanol–water partition coefficient (Wildman–Crippen LogP) is 1.25. The average molecular weight is 254 g/mol. The molecule has 0 bridgehead atoms. The first-order chi connectivity index (χ1) is 8.67. The van der Waals surface area contributed by atoms with Gasteiger partial charge in [0, 0.05) is 7.11 Å². The Labute approximate surface area is 106 Å². The molecular weight excluding hydrogens is 236 g/mol. The largest absolute Gasteiger partial charge is 0.491 e. The molecule has 0 spiro atoms. The van der Waals surface area contributed by atoms with Crippen molar-refractivity contribution in [2.24, 2.45) is 0 Å². The van der Waals surface area contributed by atoms with Crippen LogP contribution in [0.5, 0.6) is 5.75 Å². The van der Waals surface area contributed by atoms with Gasteiger partial charge in [-0.3, -0.25) is 0 Å². The van der Waals surface area contributed by atoms with E-state index in [0.29, 0.717) is 17.9 Å². The van der Waals surface area contributed by atoms with E-state index < -0.39 is 6.10 Å². The molecule has 0 aliphatic rings. The Balaban J connectivity index is 2.47. The van der Waals surface area contributed by atoms with Crippen molar-refractivity contribution < 1.29 is 24.1 Å². The van der Waals surface area contributed by atoms with Crippen LogP contribution in [0.4, 0.5) is 0 Å². The Morgan fingerprint density at radius 1 is 1.28 bits per heavy atom. The third-order valence-corrected chi connectivity index (χ3v) is 2.17. The molecule has 1 atom stereocenters. The van der Waals surface area contributed by atoms with E-state index in [1.165, 1.54) is 7.11 Å². The molecule has 0 aliphatic heterocycles. The molecule has 0 saturated heterocycles. The minimum absolute atomic E-state index is 0.145. The topological polar surface area (TPSA) is 65.0 Å².